The van der Waals surface area contributed by atoms with Gasteiger partial charge in [-0.05, 0) is 17.7 Å². The van der Waals surface area contributed by atoms with E-state index in [2.05, 4.69) is 17.4 Å². The lowest BCUT2D eigenvalue weighted by Crippen LogP contribution is -2.92. The maximum absolute atomic E-state index is 13.1. The number of fused-ring (bicyclic) bond motifs is 1. The number of carbonyl (C=O) groups is 1. The van der Waals surface area contributed by atoms with Crippen LogP contribution < -0.4 is 10.1 Å². The van der Waals surface area contributed by atoms with E-state index in [1.54, 1.807) is 0 Å². The number of hydrogen-bond donors (Lipinski definition) is 1. The molecule has 0 saturated heterocycles. The van der Waals surface area contributed by atoms with E-state index >= 15 is 0 Å². The molecule has 0 aromatic heterocycles. The highest BCUT2D eigenvalue weighted by Gasteiger charge is 2.40. The largest absolute Gasteiger partial charge is 0.478 e. The second-order valence-corrected chi connectivity index (χ2v) is 6.26. The van der Waals surface area contributed by atoms with E-state index < -0.39 is 0 Å². The van der Waals surface area contributed by atoms with Gasteiger partial charge in [0.15, 0.2) is 12.1 Å². The molecule has 0 saturated carbocycles. The average molecular weight is 330 g/mol. The first-order chi connectivity index (χ1) is 12.3. The molecule has 3 aromatic carbocycles. The van der Waals surface area contributed by atoms with Crippen LogP contribution in [0.15, 0.2) is 84.9 Å². The topological polar surface area (TPSA) is 42.9 Å². The number of quaternary nitrogens is 1. The summed E-state index contributed by atoms with van der Waals surface area (Å²) < 4.78 is 6.24. The van der Waals surface area contributed by atoms with Crippen LogP contribution in [0.5, 0.6) is 5.75 Å². The maximum Gasteiger partial charge on any atom is 0.227 e. The van der Waals surface area contributed by atoms with Crippen molar-refractivity contribution in [1.29, 1.82) is 0 Å². The van der Waals surface area contributed by atoms with Crippen LogP contribution in [0.1, 0.15) is 27.6 Å². The second kappa shape index (κ2) is 6.91. The third-order valence-electron chi connectivity index (χ3n) is 4.61. The molecule has 3 aromatic rings. The number of nitrogens with two attached hydrogens (primary N) is 1. The Morgan fingerprint density at radius 2 is 1.44 bits per heavy atom. The highest BCUT2D eigenvalue weighted by atomic mass is 16.5. The molecule has 0 unspecified atom stereocenters. The standard InChI is InChI=1S/C22H19NO2/c24-21-18-13-7-8-14-19(18)25-22(17-11-5-2-6-12-17)20(21)23-15-16-9-3-1-4-10-16/h1-14,20,22-23H,15H2/p+1/t20-,22+/m1/s1. The van der Waals surface area contributed by atoms with Crippen molar-refractivity contribution in [3.8, 4) is 5.75 Å². The number of benzene rings is 3. The summed E-state index contributed by atoms with van der Waals surface area (Å²) in [7, 11) is 0. The third-order valence-corrected chi connectivity index (χ3v) is 4.61. The second-order valence-electron chi connectivity index (χ2n) is 6.26. The molecular formula is C22H20NO2+. The zero-order valence-electron chi connectivity index (χ0n) is 13.8. The van der Waals surface area contributed by atoms with E-state index in [0.717, 1.165) is 12.1 Å². The van der Waals surface area contributed by atoms with Crippen LogP contribution in [-0.2, 0) is 6.54 Å². The number of rotatable bonds is 4. The van der Waals surface area contributed by atoms with E-state index in [1.165, 1.54) is 5.56 Å². The Morgan fingerprint density at radius 3 is 2.20 bits per heavy atom. The van der Waals surface area contributed by atoms with Crippen LogP contribution in [0.3, 0.4) is 0 Å². The predicted octanol–water partition coefficient (Wildman–Crippen LogP) is 3.14. The Labute approximate surface area is 147 Å². The molecule has 2 N–H and O–H groups in total. The Hall–Kier alpha value is -2.91. The molecule has 0 aliphatic carbocycles. The van der Waals surface area contributed by atoms with Gasteiger partial charge in [0.2, 0.25) is 5.78 Å². The van der Waals surface area contributed by atoms with Gasteiger partial charge in [0.25, 0.3) is 0 Å². The van der Waals surface area contributed by atoms with E-state index in [-0.39, 0.29) is 17.9 Å². The molecule has 0 fully saturated rings. The molecule has 3 nitrogen and oxygen atoms in total. The zero-order valence-corrected chi connectivity index (χ0v) is 13.8. The molecular weight excluding hydrogens is 310 g/mol. The number of ether oxygens (including phenoxy) is 1. The van der Waals surface area contributed by atoms with Crippen molar-refractivity contribution in [3.63, 3.8) is 0 Å². The molecule has 4 rings (SSSR count). The van der Waals surface area contributed by atoms with Crippen molar-refractivity contribution < 1.29 is 14.8 Å². The molecule has 2 atom stereocenters. The minimum atomic E-state index is -0.294. The Morgan fingerprint density at radius 1 is 0.800 bits per heavy atom. The zero-order chi connectivity index (χ0) is 17.1. The van der Waals surface area contributed by atoms with Crippen LogP contribution in [-0.4, -0.2) is 11.8 Å². The maximum atomic E-state index is 13.1. The summed E-state index contributed by atoms with van der Waals surface area (Å²) in [6, 6.07) is 27.4. The quantitative estimate of drug-likeness (QED) is 0.799. The lowest BCUT2D eigenvalue weighted by atomic mass is 9.91. The third kappa shape index (κ3) is 3.19. The van der Waals surface area contributed by atoms with Gasteiger partial charge in [0.1, 0.15) is 12.3 Å². The average Bonchev–Trinajstić information content (AvgIpc) is 2.69. The summed E-state index contributed by atoms with van der Waals surface area (Å²) in [6.07, 6.45) is -0.285. The number of ketones is 1. The molecule has 0 amide bonds. The fraction of sp³-hybridized carbons (Fsp3) is 0.136. The van der Waals surface area contributed by atoms with Crippen molar-refractivity contribution in [2.75, 3.05) is 0 Å². The Kier molecular flexibility index (Phi) is 4.32. The van der Waals surface area contributed by atoms with Gasteiger partial charge in [-0.15, -0.1) is 0 Å². The number of para-hydroxylation sites is 1. The van der Waals surface area contributed by atoms with E-state index in [0.29, 0.717) is 11.3 Å². The highest BCUT2D eigenvalue weighted by molar-refractivity contribution is 6.03. The summed E-state index contributed by atoms with van der Waals surface area (Å²) in [5, 5.41) is 2.09. The number of carbonyl (C=O) groups excluding carboxylic acids is 1. The van der Waals surface area contributed by atoms with Gasteiger partial charge in [-0.25, -0.2) is 0 Å². The first-order valence-electron chi connectivity index (χ1n) is 8.55. The van der Waals surface area contributed by atoms with Gasteiger partial charge in [-0.2, -0.15) is 0 Å². The van der Waals surface area contributed by atoms with Crippen LogP contribution in [0.2, 0.25) is 0 Å². The van der Waals surface area contributed by atoms with E-state index in [1.807, 2.05) is 72.8 Å². The number of hydrogen-bond acceptors (Lipinski definition) is 2. The lowest BCUT2D eigenvalue weighted by molar-refractivity contribution is -0.698. The first-order valence-corrected chi connectivity index (χ1v) is 8.55. The molecule has 1 aliphatic heterocycles. The molecule has 0 radical (unpaired) electrons. The van der Waals surface area contributed by atoms with Crippen molar-refractivity contribution in [2.24, 2.45) is 0 Å². The molecule has 0 spiro atoms. The first kappa shape index (κ1) is 15.6. The molecule has 3 heteroatoms. The monoisotopic (exact) mass is 330 g/mol. The molecule has 0 bridgehead atoms. The molecule has 25 heavy (non-hydrogen) atoms. The van der Waals surface area contributed by atoms with Crippen LogP contribution in [0.25, 0.3) is 0 Å². The van der Waals surface area contributed by atoms with Gasteiger partial charge in [0.05, 0.1) is 5.56 Å². The van der Waals surface area contributed by atoms with Crippen LogP contribution in [0.4, 0.5) is 0 Å². The lowest BCUT2D eigenvalue weighted by Gasteiger charge is -2.31. The van der Waals surface area contributed by atoms with Crippen molar-refractivity contribution in [1.82, 2.24) is 0 Å². The molecule has 1 aliphatic rings. The van der Waals surface area contributed by atoms with E-state index in [9.17, 15) is 4.79 Å². The molecule has 124 valence electrons. The van der Waals surface area contributed by atoms with Crippen molar-refractivity contribution >= 4 is 5.78 Å². The fourth-order valence-electron chi connectivity index (χ4n) is 3.33. The van der Waals surface area contributed by atoms with Crippen LogP contribution >= 0.6 is 0 Å². The van der Waals surface area contributed by atoms with Gasteiger partial charge < -0.3 is 10.1 Å². The minimum absolute atomic E-state index is 0.131. The molecule has 1 heterocycles. The summed E-state index contributed by atoms with van der Waals surface area (Å²) >= 11 is 0. The van der Waals surface area contributed by atoms with Gasteiger partial charge >= 0.3 is 0 Å². The van der Waals surface area contributed by atoms with Gasteiger partial charge in [-0.1, -0.05) is 72.8 Å². The fourth-order valence-corrected chi connectivity index (χ4v) is 3.33. The van der Waals surface area contributed by atoms with Gasteiger partial charge in [0, 0.05) is 5.56 Å². The summed E-state index contributed by atoms with van der Waals surface area (Å²) in [5.74, 6) is 0.803. The SMILES string of the molecule is O=C1c2ccccc2O[C@@H](c2ccccc2)[C@@H]1[NH2+]Cc1ccccc1. The smallest absolute Gasteiger partial charge is 0.227 e. The van der Waals surface area contributed by atoms with Crippen molar-refractivity contribution in [3.05, 3.63) is 102 Å². The van der Waals surface area contributed by atoms with Crippen molar-refractivity contribution in [2.45, 2.75) is 18.7 Å². The summed E-state index contributed by atoms with van der Waals surface area (Å²) in [4.78, 5) is 13.1. The summed E-state index contributed by atoms with van der Waals surface area (Å²) in [5.41, 5.74) is 2.89. The summed E-state index contributed by atoms with van der Waals surface area (Å²) in [6.45, 7) is 0.742. The predicted molar refractivity (Wildman–Crippen MR) is 96.4 cm³/mol. The number of Topliss-reactive ketones (excluding diaryl/α,β-unsaturated/α-hetero) is 1. The van der Waals surface area contributed by atoms with Gasteiger partial charge in [-0.3, -0.25) is 4.79 Å². The highest BCUT2D eigenvalue weighted by Crippen LogP contribution is 2.33. The Balaban J connectivity index is 1.66. The van der Waals surface area contributed by atoms with E-state index in [4.69, 9.17) is 4.74 Å². The Bertz CT molecular complexity index is 861. The minimum Gasteiger partial charge on any atom is -0.478 e. The normalized spacial score (nSPS) is 19.1. The van der Waals surface area contributed by atoms with Crippen LogP contribution in [0, 0.1) is 0 Å².